The first-order valence-corrected chi connectivity index (χ1v) is 7.30. The zero-order chi connectivity index (χ0) is 14.8. The second-order valence-corrected chi connectivity index (χ2v) is 6.22. The van der Waals surface area contributed by atoms with Crippen LogP contribution >= 0.6 is 35.6 Å². The molecule has 0 bridgehead atoms. The lowest BCUT2D eigenvalue weighted by Gasteiger charge is -2.23. The van der Waals surface area contributed by atoms with Gasteiger partial charge < -0.3 is 15.7 Å². The monoisotopic (exact) mass is 352 g/mol. The Kier molecular flexibility index (Phi) is 6.75. The van der Waals surface area contributed by atoms with Gasteiger partial charge in [0.25, 0.3) is 0 Å². The molecule has 0 saturated carbocycles. The highest BCUT2D eigenvalue weighted by atomic mass is 35.5. The molecule has 2 rings (SSSR count). The van der Waals surface area contributed by atoms with E-state index in [1.165, 1.54) is 0 Å². The van der Waals surface area contributed by atoms with Gasteiger partial charge in [-0.05, 0) is 32.0 Å². The van der Waals surface area contributed by atoms with Crippen LogP contribution in [0.25, 0.3) is 0 Å². The minimum absolute atomic E-state index is 0. The first-order chi connectivity index (χ1) is 9.42. The van der Waals surface area contributed by atoms with Gasteiger partial charge in [-0.1, -0.05) is 29.3 Å². The molecule has 1 aromatic rings. The highest BCUT2D eigenvalue weighted by Crippen LogP contribution is 2.27. The van der Waals surface area contributed by atoms with E-state index in [-0.39, 0.29) is 24.9 Å². The quantitative estimate of drug-likeness (QED) is 0.779. The number of benzene rings is 1. The Hall–Kier alpha value is -0.520. The molecule has 0 spiro atoms. The number of halogens is 3. The number of aliphatic hydroxyl groups excluding tert-OH is 1. The van der Waals surface area contributed by atoms with Gasteiger partial charge in [-0.3, -0.25) is 4.79 Å². The standard InChI is InChI=1S/C14H18Cl2N2O2.ClH/c1-14(4-5-17-8-14)13(20)18-7-12(19)10-3-2-9(15)6-11(10)16;/h2-3,6,12,17,19H,4-5,7-8H2,1H3,(H,18,20);1H. The third-order valence-electron chi connectivity index (χ3n) is 3.69. The number of rotatable bonds is 4. The summed E-state index contributed by atoms with van der Waals surface area (Å²) in [7, 11) is 0. The van der Waals surface area contributed by atoms with E-state index in [4.69, 9.17) is 23.2 Å². The maximum atomic E-state index is 12.1. The smallest absolute Gasteiger partial charge is 0.227 e. The SMILES string of the molecule is CC1(C(=O)NCC(O)c2ccc(Cl)cc2Cl)CCNC1.Cl. The van der Waals surface area contributed by atoms with E-state index >= 15 is 0 Å². The van der Waals surface area contributed by atoms with Crippen LogP contribution in [-0.4, -0.2) is 30.6 Å². The van der Waals surface area contributed by atoms with E-state index in [0.717, 1.165) is 13.0 Å². The zero-order valence-electron chi connectivity index (χ0n) is 11.7. The zero-order valence-corrected chi connectivity index (χ0v) is 14.0. The normalized spacial score (nSPS) is 22.5. The van der Waals surface area contributed by atoms with E-state index in [1.54, 1.807) is 18.2 Å². The predicted octanol–water partition coefficient (Wildman–Crippen LogP) is 2.56. The van der Waals surface area contributed by atoms with E-state index in [0.29, 0.717) is 22.2 Å². The van der Waals surface area contributed by atoms with E-state index in [1.807, 2.05) is 6.92 Å². The first kappa shape index (κ1) is 18.5. The van der Waals surface area contributed by atoms with Crippen molar-refractivity contribution in [2.24, 2.45) is 5.41 Å². The molecule has 1 fully saturated rings. The maximum absolute atomic E-state index is 12.1. The van der Waals surface area contributed by atoms with E-state index in [9.17, 15) is 9.90 Å². The predicted molar refractivity (Wildman–Crippen MR) is 87.3 cm³/mol. The van der Waals surface area contributed by atoms with Crippen LogP contribution in [0.15, 0.2) is 18.2 Å². The van der Waals surface area contributed by atoms with Crippen molar-refractivity contribution in [3.8, 4) is 0 Å². The minimum Gasteiger partial charge on any atom is -0.387 e. The van der Waals surface area contributed by atoms with Gasteiger partial charge in [0.1, 0.15) is 0 Å². The second-order valence-electron chi connectivity index (χ2n) is 5.38. The van der Waals surface area contributed by atoms with Gasteiger partial charge in [0.15, 0.2) is 0 Å². The Morgan fingerprint density at radius 2 is 2.24 bits per heavy atom. The van der Waals surface area contributed by atoms with E-state index < -0.39 is 11.5 Å². The summed E-state index contributed by atoms with van der Waals surface area (Å²) in [6.45, 7) is 3.56. The molecule has 3 N–H and O–H groups in total. The molecule has 1 aliphatic rings. The molecule has 21 heavy (non-hydrogen) atoms. The Balaban J connectivity index is 0.00000220. The molecule has 118 valence electrons. The van der Waals surface area contributed by atoms with Gasteiger partial charge in [-0.15, -0.1) is 12.4 Å². The van der Waals surface area contributed by atoms with Crippen LogP contribution in [0, 0.1) is 5.41 Å². The number of aliphatic hydroxyl groups is 1. The van der Waals surface area contributed by atoms with Crippen molar-refractivity contribution < 1.29 is 9.90 Å². The molecule has 0 aromatic heterocycles. The average molecular weight is 354 g/mol. The van der Waals surface area contributed by atoms with Gasteiger partial charge >= 0.3 is 0 Å². The van der Waals surface area contributed by atoms with Crippen molar-refractivity contribution in [1.29, 1.82) is 0 Å². The van der Waals surface area contributed by atoms with Crippen LogP contribution in [0.4, 0.5) is 0 Å². The Morgan fingerprint density at radius 3 is 2.81 bits per heavy atom. The Labute approximate surface area is 140 Å². The van der Waals surface area contributed by atoms with Gasteiger partial charge in [0.05, 0.1) is 11.5 Å². The fraction of sp³-hybridized carbons (Fsp3) is 0.500. The van der Waals surface area contributed by atoms with Gasteiger partial charge in [-0.25, -0.2) is 0 Å². The number of hydrogen-bond donors (Lipinski definition) is 3. The third kappa shape index (κ3) is 4.47. The fourth-order valence-electron chi connectivity index (χ4n) is 2.30. The van der Waals surface area contributed by atoms with Gasteiger partial charge in [0, 0.05) is 28.7 Å². The number of amides is 1. The van der Waals surface area contributed by atoms with Gasteiger partial charge in [-0.2, -0.15) is 0 Å². The molecule has 1 aliphatic heterocycles. The maximum Gasteiger partial charge on any atom is 0.227 e. The molecule has 0 aliphatic carbocycles. The summed E-state index contributed by atoms with van der Waals surface area (Å²) in [5.74, 6) is -0.0494. The van der Waals surface area contributed by atoms with Crippen LogP contribution < -0.4 is 10.6 Å². The molecule has 2 unspecified atom stereocenters. The van der Waals surface area contributed by atoms with Crippen LogP contribution in [0.2, 0.25) is 10.0 Å². The van der Waals surface area contributed by atoms with Gasteiger partial charge in [0.2, 0.25) is 5.91 Å². The van der Waals surface area contributed by atoms with Crippen LogP contribution in [0.1, 0.15) is 25.0 Å². The summed E-state index contributed by atoms with van der Waals surface area (Å²) in [5.41, 5.74) is 0.162. The highest BCUT2D eigenvalue weighted by molar-refractivity contribution is 6.35. The second kappa shape index (κ2) is 7.65. The molecule has 7 heteroatoms. The fourth-order valence-corrected chi connectivity index (χ4v) is 2.83. The summed E-state index contributed by atoms with van der Waals surface area (Å²) in [6.07, 6.45) is -0.0435. The van der Waals surface area contributed by atoms with Crippen molar-refractivity contribution in [1.82, 2.24) is 10.6 Å². The Bertz CT molecular complexity index is 505. The molecular weight excluding hydrogens is 335 g/mol. The summed E-state index contributed by atoms with van der Waals surface area (Å²) < 4.78 is 0. The Morgan fingerprint density at radius 1 is 1.52 bits per heavy atom. The number of carbonyl (C=O) groups is 1. The molecule has 2 atom stereocenters. The molecule has 1 amide bonds. The lowest BCUT2D eigenvalue weighted by molar-refractivity contribution is -0.129. The molecule has 1 saturated heterocycles. The third-order valence-corrected chi connectivity index (χ3v) is 4.26. The van der Waals surface area contributed by atoms with Crippen molar-refractivity contribution in [3.05, 3.63) is 33.8 Å². The molecule has 1 heterocycles. The summed E-state index contributed by atoms with van der Waals surface area (Å²) in [6, 6.07) is 4.90. The lowest BCUT2D eigenvalue weighted by Crippen LogP contribution is -2.42. The van der Waals surface area contributed by atoms with Crippen molar-refractivity contribution in [2.45, 2.75) is 19.4 Å². The molecule has 0 radical (unpaired) electrons. The molecule has 4 nitrogen and oxygen atoms in total. The first-order valence-electron chi connectivity index (χ1n) is 6.54. The molecular formula is C14H19Cl3N2O2. The average Bonchev–Trinajstić information content (AvgIpc) is 2.84. The van der Waals surface area contributed by atoms with Crippen molar-refractivity contribution in [3.63, 3.8) is 0 Å². The number of carbonyl (C=O) groups excluding carboxylic acids is 1. The summed E-state index contributed by atoms with van der Waals surface area (Å²) >= 11 is 11.8. The minimum atomic E-state index is -0.846. The molecule has 1 aromatic carbocycles. The van der Waals surface area contributed by atoms with Crippen LogP contribution in [0.5, 0.6) is 0 Å². The highest BCUT2D eigenvalue weighted by Gasteiger charge is 2.36. The van der Waals surface area contributed by atoms with Crippen molar-refractivity contribution >= 4 is 41.5 Å². The van der Waals surface area contributed by atoms with Crippen LogP contribution in [0.3, 0.4) is 0 Å². The van der Waals surface area contributed by atoms with Crippen molar-refractivity contribution in [2.75, 3.05) is 19.6 Å². The summed E-state index contributed by atoms with van der Waals surface area (Å²) in [4.78, 5) is 12.1. The number of nitrogens with one attached hydrogen (secondary N) is 2. The summed E-state index contributed by atoms with van der Waals surface area (Å²) in [5, 5.41) is 17.0. The van der Waals surface area contributed by atoms with E-state index in [2.05, 4.69) is 10.6 Å². The largest absolute Gasteiger partial charge is 0.387 e. The topological polar surface area (TPSA) is 61.4 Å². The number of hydrogen-bond acceptors (Lipinski definition) is 3. The van der Waals surface area contributed by atoms with Crippen LogP contribution in [-0.2, 0) is 4.79 Å². The lowest BCUT2D eigenvalue weighted by atomic mass is 9.89.